The summed E-state index contributed by atoms with van der Waals surface area (Å²) < 4.78 is 15.5. The van der Waals surface area contributed by atoms with Crippen LogP contribution in [0.15, 0.2) is 0 Å². The number of likely N-dealkylation sites (N-methyl/N-ethyl adjacent to an activating group) is 1. The lowest BCUT2D eigenvalue weighted by Crippen LogP contribution is -2.44. The van der Waals surface area contributed by atoms with E-state index in [0.717, 1.165) is 6.42 Å². The molecular formula is C11H25NO4. The van der Waals surface area contributed by atoms with Crippen molar-refractivity contribution in [1.29, 1.82) is 0 Å². The van der Waals surface area contributed by atoms with Crippen LogP contribution in [-0.4, -0.2) is 64.4 Å². The Labute approximate surface area is 98.1 Å². The van der Waals surface area contributed by atoms with E-state index in [9.17, 15) is 0 Å². The molecule has 0 aromatic rings. The summed E-state index contributed by atoms with van der Waals surface area (Å²) in [4.78, 5) is 0. The van der Waals surface area contributed by atoms with Crippen LogP contribution in [0, 0.1) is 0 Å². The molecule has 5 nitrogen and oxygen atoms in total. The normalized spacial score (nSPS) is 15.0. The molecule has 1 unspecified atom stereocenters. The largest absolute Gasteiger partial charge is 0.394 e. The fraction of sp³-hybridized carbons (Fsp3) is 1.00. The molecule has 0 aliphatic carbocycles. The summed E-state index contributed by atoms with van der Waals surface area (Å²) in [5.74, 6) is 0. The summed E-state index contributed by atoms with van der Waals surface area (Å²) in [5, 5.41) is 12.2. The van der Waals surface area contributed by atoms with Gasteiger partial charge in [0.2, 0.25) is 0 Å². The molecule has 0 aromatic heterocycles. The Balaban J connectivity index is 3.26. The van der Waals surface area contributed by atoms with Crippen molar-refractivity contribution in [3.8, 4) is 0 Å². The highest BCUT2D eigenvalue weighted by atomic mass is 16.5. The van der Waals surface area contributed by atoms with Gasteiger partial charge in [-0.2, -0.15) is 0 Å². The summed E-state index contributed by atoms with van der Waals surface area (Å²) in [6, 6.07) is 0. The first-order chi connectivity index (χ1) is 7.68. The molecule has 0 aliphatic rings. The molecule has 0 aliphatic heterocycles. The van der Waals surface area contributed by atoms with Gasteiger partial charge in [0, 0.05) is 19.3 Å². The predicted octanol–water partition coefficient (Wildman–Crippen LogP) is 0.0265. The van der Waals surface area contributed by atoms with Crippen molar-refractivity contribution in [2.24, 2.45) is 0 Å². The van der Waals surface area contributed by atoms with Crippen LogP contribution in [0.2, 0.25) is 0 Å². The van der Waals surface area contributed by atoms with Crippen LogP contribution in [-0.2, 0) is 14.2 Å². The second-order valence-electron chi connectivity index (χ2n) is 3.94. The van der Waals surface area contributed by atoms with Gasteiger partial charge >= 0.3 is 0 Å². The Bertz CT molecular complexity index is 151. The van der Waals surface area contributed by atoms with Crippen LogP contribution in [0.4, 0.5) is 0 Å². The molecule has 98 valence electrons. The first-order valence-corrected chi connectivity index (χ1v) is 5.62. The van der Waals surface area contributed by atoms with Gasteiger partial charge in [-0.25, -0.2) is 0 Å². The number of ether oxygens (including phenoxy) is 3. The van der Waals surface area contributed by atoms with E-state index >= 15 is 0 Å². The summed E-state index contributed by atoms with van der Waals surface area (Å²) in [6.45, 7) is 5.06. The molecule has 0 aromatic carbocycles. The van der Waals surface area contributed by atoms with Crippen molar-refractivity contribution in [2.75, 3.05) is 53.8 Å². The van der Waals surface area contributed by atoms with Crippen molar-refractivity contribution < 1.29 is 19.3 Å². The lowest BCUT2D eigenvalue weighted by molar-refractivity contribution is 0.0175. The number of aliphatic hydroxyl groups excluding tert-OH is 1. The van der Waals surface area contributed by atoms with Crippen molar-refractivity contribution in [2.45, 2.75) is 18.9 Å². The Morgan fingerprint density at radius 2 is 1.62 bits per heavy atom. The number of nitrogens with one attached hydrogen (secondary N) is 1. The first-order valence-electron chi connectivity index (χ1n) is 5.62. The molecule has 0 heterocycles. The van der Waals surface area contributed by atoms with Crippen LogP contribution in [0.3, 0.4) is 0 Å². The highest BCUT2D eigenvalue weighted by Gasteiger charge is 2.19. The molecule has 0 rings (SSSR count). The Hall–Kier alpha value is -0.200. The molecule has 1 atom stereocenters. The molecule has 0 saturated heterocycles. The molecule has 5 heteroatoms. The minimum Gasteiger partial charge on any atom is -0.394 e. The average Bonchev–Trinajstić information content (AvgIpc) is 2.32. The van der Waals surface area contributed by atoms with E-state index in [-0.39, 0.29) is 12.1 Å². The summed E-state index contributed by atoms with van der Waals surface area (Å²) in [7, 11) is 3.48. The van der Waals surface area contributed by atoms with E-state index in [0.29, 0.717) is 33.0 Å². The second-order valence-corrected chi connectivity index (χ2v) is 3.94. The maximum Gasteiger partial charge on any atom is 0.0701 e. The maximum absolute atomic E-state index is 9.13. The number of aliphatic hydroxyl groups is 1. The average molecular weight is 235 g/mol. The Morgan fingerprint density at radius 1 is 1.06 bits per heavy atom. The molecular weight excluding hydrogens is 210 g/mol. The fourth-order valence-electron chi connectivity index (χ4n) is 1.04. The molecule has 0 fully saturated rings. The van der Waals surface area contributed by atoms with Crippen molar-refractivity contribution in [3.63, 3.8) is 0 Å². The van der Waals surface area contributed by atoms with Gasteiger partial charge in [0.15, 0.2) is 0 Å². The number of hydrogen-bond acceptors (Lipinski definition) is 5. The smallest absolute Gasteiger partial charge is 0.0701 e. The molecule has 0 bridgehead atoms. The number of hydrogen-bond donors (Lipinski definition) is 2. The van der Waals surface area contributed by atoms with E-state index in [1.807, 2.05) is 14.0 Å². The molecule has 16 heavy (non-hydrogen) atoms. The Kier molecular flexibility index (Phi) is 9.86. The Morgan fingerprint density at radius 3 is 2.12 bits per heavy atom. The van der Waals surface area contributed by atoms with E-state index in [1.54, 1.807) is 7.11 Å². The summed E-state index contributed by atoms with van der Waals surface area (Å²) in [6.07, 6.45) is 0.776. The van der Waals surface area contributed by atoms with E-state index in [1.165, 1.54) is 0 Å². The van der Waals surface area contributed by atoms with Gasteiger partial charge in [-0.05, 0) is 20.4 Å². The van der Waals surface area contributed by atoms with Gasteiger partial charge in [-0.15, -0.1) is 0 Å². The zero-order valence-electron chi connectivity index (χ0n) is 10.6. The minimum absolute atomic E-state index is 0.108. The topological polar surface area (TPSA) is 60.0 Å². The highest BCUT2D eigenvalue weighted by molar-refractivity contribution is 4.79. The number of methoxy groups -OCH3 is 1. The van der Waals surface area contributed by atoms with Crippen LogP contribution >= 0.6 is 0 Å². The molecule has 0 spiro atoms. The van der Waals surface area contributed by atoms with Crippen LogP contribution < -0.4 is 5.32 Å². The first kappa shape index (κ1) is 15.8. The van der Waals surface area contributed by atoms with Gasteiger partial charge in [-0.1, -0.05) is 0 Å². The highest BCUT2D eigenvalue weighted by Crippen LogP contribution is 2.07. The lowest BCUT2D eigenvalue weighted by atomic mass is 10.0. The zero-order chi connectivity index (χ0) is 12.3. The van der Waals surface area contributed by atoms with Gasteiger partial charge in [0.25, 0.3) is 0 Å². The van der Waals surface area contributed by atoms with Gasteiger partial charge in [0.05, 0.1) is 33.0 Å². The van der Waals surface area contributed by atoms with Gasteiger partial charge < -0.3 is 24.6 Å². The fourth-order valence-corrected chi connectivity index (χ4v) is 1.04. The third-order valence-electron chi connectivity index (χ3n) is 2.55. The van der Waals surface area contributed by atoms with Crippen molar-refractivity contribution >= 4 is 0 Å². The van der Waals surface area contributed by atoms with Crippen molar-refractivity contribution in [1.82, 2.24) is 5.32 Å². The second kappa shape index (κ2) is 9.99. The van der Waals surface area contributed by atoms with E-state index in [2.05, 4.69) is 5.32 Å². The third kappa shape index (κ3) is 8.01. The van der Waals surface area contributed by atoms with E-state index < -0.39 is 0 Å². The monoisotopic (exact) mass is 235 g/mol. The minimum atomic E-state index is -0.253. The summed E-state index contributed by atoms with van der Waals surface area (Å²) >= 11 is 0. The van der Waals surface area contributed by atoms with E-state index in [4.69, 9.17) is 19.3 Å². The quantitative estimate of drug-likeness (QED) is 0.495. The zero-order valence-corrected chi connectivity index (χ0v) is 10.6. The molecule has 0 amide bonds. The SMILES string of the molecule is CNC(C)(CO)CCOCCOCCOC. The molecule has 2 N–H and O–H groups in total. The van der Waals surface area contributed by atoms with Gasteiger partial charge in [0.1, 0.15) is 0 Å². The lowest BCUT2D eigenvalue weighted by Gasteiger charge is -2.26. The standard InChI is InChI=1S/C11H25NO4/c1-11(10-13,12-2)4-5-15-8-9-16-7-6-14-3/h12-13H,4-10H2,1-3H3. The van der Waals surface area contributed by atoms with Crippen molar-refractivity contribution in [3.05, 3.63) is 0 Å². The number of rotatable bonds is 11. The molecule has 0 saturated carbocycles. The van der Waals surface area contributed by atoms with Gasteiger partial charge in [-0.3, -0.25) is 0 Å². The van der Waals surface area contributed by atoms with Crippen LogP contribution in [0.25, 0.3) is 0 Å². The summed E-state index contributed by atoms with van der Waals surface area (Å²) in [5.41, 5.74) is -0.253. The molecule has 0 radical (unpaired) electrons. The van der Waals surface area contributed by atoms with Crippen LogP contribution in [0.5, 0.6) is 0 Å². The maximum atomic E-state index is 9.13. The predicted molar refractivity (Wildman–Crippen MR) is 62.7 cm³/mol. The van der Waals surface area contributed by atoms with Crippen LogP contribution in [0.1, 0.15) is 13.3 Å². The third-order valence-corrected chi connectivity index (χ3v) is 2.55.